The van der Waals surface area contributed by atoms with Crippen LogP contribution < -0.4 is 10.1 Å². The molecule has 158 valence electrons. The summed E-state index contributed by atoms with van der Waals surface area (Å²) in [7, 11) is 0. The second-order valence-electron chi connectivity index (χ2n) is 7.04. The predicted molar refractivity (Wildman–Crippen MR) is 111 cm³/mol. The minimum atomic E-state index is -1.14. The Morgan fingerprint density at radius 2 is 1.90 bits per heavy atom. The minimum Gasteiger partial charge on any atom is -0.491 e. The van der Waals surface area contributed by atoms with Crippen molar-refractivity contribution in [2.45, 2.75) is 35.5 Å². The molecule has 1 spiro atoms. The molecule has 2 fully saturated rings. The normalized spacial score (nSPS) is 22.4. The number of ether oxygens (including phenoxy) is 1. The Balaban J connectivity index is 1.64. The van der Waals surface area contributed by atoms with Crippen molar-refractivity contribution in [3.8, 4) is 5.75 Å². The van der Waals surface area contributed by atoms with Crippen molar-refractivity contribution >= 4 is 41.4 Å². The zero-order chi connectivity index (χ0) is 21.0. The van der Waals surface area contributed by atoms with Gasteiger partial charge in [0.15, 0.2) is 0 Å². The average Bonchev–Trinajstić information content (AvgIpc) is 3.32. The smallest absolute Gasteiger partial charge is 0.326 e. The van der Waals surface area contributed by atoms with E-state index in [2.05, 4.69) is 5.32 Å². The number of likely N-dealkylation sites (tertiary alicyclic amines) is 1. The largest absolute Gasteiger partial charge is 0.491 e. The molecule has 1 amide bonds. The summed E-state index contributed by atoms with van der Waals surface area (Å²) in [5, 5.41) is 21.9. The first-order chi connectivity index (χ1) is 13.8. The molecule has 2 aliphatic rings. The summed E-state index contributed by atoms with van der Waals surface area (Å²) in [5.74, 6) is -0.182. The average molecular weight is 441 g/mol. The Labute approximate surface area is 177 Å². The number of hydrogen-bond donors (Lipinski definition) is 3. The van der Waals surface area contributed by atoms with Crippen LogP contribution in [-0.4, -0.2) is 79.8 Å². The maximum absolute atomic E-state index is 13.0. The van der Waals surface area contributed by atoms with Crippen LogP contribution in [-0.2, 0) is 14.4 Å². The molecule has 29 heavy (non-hydrogen) atoms. The molecule has 0 saturated carbocycles. The maximum Gasteiger partial charge on any atom is 0.326 e. The number of thioether (sulfide) groups is 2. The lowest BCUT2D eigenvalue weighted by molar-refractivity contribution is -0.149. The number of carbonyl (C=O) groups is 3. The summed E-state index contributed by atoms with van der Waals surface area (Å²) in [6, 6.07) is 5.94. The van der Waals surface area contributed by atoms with Crippen LogP contribution >= 0.6 is 23.5 Å². The van der Waals surface area contributed by atoms with Gasteiger partial charge in [0.05, 0.1) is 10.1 Å². The highest BCUT2D eigenvalue weighted by atomic mass is 32.2. The van der Waals surface area contributed by atoms with Crippen LogP contribution in [0.5, 0.6) is 5.75 Å². The number of carboxylic acid groups (broad SMARTS) is 2. The Hall–Kier alpha value is -1.91. The summed E-state index contributed by atoms with van der Waals surface area (Å²) in [5.41, 5.74) is 0. The van der Waals surface area contributed by atoms with Crippen molar-refractivity contribution < 1.29 is 29.3 Å². The standard InChI is InChI=1S/C19H24N2O6S2/c1-12(20-14(17(23)24)10-27-13-5-3-2-4-6-13)16(22)21-11-19(28-7-8-29-19)9-15(21)18(25)26/h2-6,12,14-15,20H,7-11H2,1H3,(H,23,24)(H,25,26)/t12-,14?,15?/m0/s1. The number of amides is 1. The SMILES string of the molecule is C[C@H](NC(COc1ccccc1)C(=O)O)C(=O)N1CC2(CC1C(=O)O)SCCS2. The molecule has 2 saturated heterocycles. The van der Waals surface area contributed by atoms with Crippen molar-refractivity contribution in [3.05, 3.63) is 30.3 Å². The van der Waals surface area contributed by atoms with Gasteiger partial charge < -0.3 is 19.8 Å². The molecule has 2 aliphatic heterocycles. The molecule has 3 N–H and O–H groups in total. The Kier molecular flexibility index (Phi) is 6.97. The molecule has 2 unspecified atom stereocenters. The van der Waals surface area contributed by atoms with Crippen molar-refractivity contribution in [1.82, 2.24) is 10.2 Å². The van der Waals surface area contributed by atoms with E-state index in [0.29, 0.717) is 18.7 Å². The monoisotopic (exact) mass is 440 g/mol. The quantitative estimate of drug-likeness (QED) is 0.551. The third-order valence-corrected chi connectivity index (χ3v) is 8.38. The number of benzene rings is 1. The van der Waals surface area contributed by atoms with Crippen molar-refractivity contribution in [2.24, 2.45) is 0 Å². The number of rotatable bonds is 8. The van der Waals surface area contributed by atoms with Gasteiger partial charge in [0, 0.05) is 24.5 Å². The number of hydrogen-bond acceptors (Lipinski definition) is 7. The Morgan fingerprint density at radius 1 is 1.24 bits per heavy atom. The van der Waals surface area contributed by atoms with Crippen LogP contribution in [0, 0.1) is 0 Å². The minimum absolute atomic E-state index is 0.158. The highest BCUT2D eigenvalue weighted by molar-refractivity contribution is 8.21. The highest BCUT2D eigenvalue weighted by Gasteiger charge is 2.52. The summed E-state index contributed by atoms with van der Waals surface area (Å²) in [6.07, 6.45) is 0.398. The molecule has 2 heterocycles. The first kappa shape index (κ1) is 21.8. The molecular formula is C19H24N2O6S2. The van der Waals surface area contributed by atoms with Gasteiger partial charge in [-0.1, -0.05) is 18.2 Å². The van der Waals surface area contributed by atoms with Gasteiger partial charge >= 0.3 is 11.9 Å². The third kappa shape index (κ3) is 5.18. The molecule has 0 aliphatic carbocycles. The Bertz CT molecular complexity index is 756. The van der Waals surface area contributed by atoms with E-state index < -0.39 is 36.0 Å². The number of aliphatic carboxylic acids is 2. The van der Waals surface area contributed by atoms with E-state index in [9.17, 15) is 24.6 Å². The molecule has 1 aromatic carbocycles. The van der Waals surface area contributed by atoms with Gasteiger partial charge in [-0.25, -0.2) is 4.79 Å². The molecule has 3 rings (SSSR count). The van der Waals surface area contributed by atoms with Crippen molar-refractivity contribution in [1.29, 1.82) is 0 Å². The summed E-state index contributed by atoms with van der Waals surface area (Å²) < 4.78 is 5.23. The predicted octanol–water partition coefficient (Wildman–Crippen LogP) is 1.36. The third-order valence-electron chi connectivity index (χ3n) is 4.95. The zero-order valence-corrected chi connectivity index (χ0v) is 17.6. The Morgan fingerprint density at radius 3 is 2.48 bits per heavy atom. The fourth-order valence-corrected chi connectivity index (χ4v) is 6.76. The number of carboxylic acids is 2. The maximum atomic E-state index is 13.0. The van der Waals surface area contributed by atoms with Gasteiger partial charge in [0.1, 0.15) is 24.4 Å². The van der Waals surface area contributed by atoms with Gasteiger partial charge in [-0.15, -0.1) is 23.5 Å². The van der Waals surface area contributed by atoms with Crippen molar-refractivity contribution in [3.63, 3.8) is 0 Å². The second kappa shape index (κ2) is 9.27. The van der Waals surface area contributed by atoms with Crippen LogP contribution in [0.3, 0.4) is 0 Å². The molecule has 1 aromatic rings. The molecule has 0 aromatic heterocycles. The number of nitrogens with one attached hydrogen (secondary N) is 1. The summed E-state index contributed by atoms with van der Waals surface area (Å²) in [6.45, 7) is 1.75. The molecular weight excluding hydrogens is 416 g/mol. The first-order valence-corrected chi connectivity index (χ1v) is 11.3. The van der Waals surface area contributed by atoms with E-state index in [0.717, 1.165) is 11.5 Å². The number of para-hydroxylation sites is 1. The number of nitrogens with zero attached hydrogens (tertiary/aromatic N) is 1. The fourth-order valence-electron chi connectivity index (χ4n) is 3.51. The van der Waals surface area contributed by atoms with E-state index in [1.54, 1.807) is 54.7 Å². The molecule has 10 heteroatoms. The van der Waals surface area contributed by atoms with E-state index in [-0.39, 0.29) is 10.7 Å². The molecule has 8 nitrogen and oxygen atoms in total. The van der Waals surface area contributed by atoms with Crippen LogP contribution in [0.25, 0.3) is 0 Å². The molecule has 3 atom stereocenters. The van der Waals surface area contributed by atoms with Crippen LogP contribution in [0.2, 0.25) is 0 Å². The van der Waals surface area contributed by atoms with Crippen LogP contribution in [0.1, 0.15) is 13.3 Å². The van der Waals surface area contributed by atoms with Gasteiger partial charge in [0.2, 0.25) is 5.91 Å². The molecule has 0 bridgehead atoms. The summed E-state index contributed by atoms with van der Waals surface area (Å²) >= 11 is 3.40. The van der Waals surface area contributed by atoms with E-state index in [1.165, 1.54) is 4.90 Å². The van der Waals surface area contributed by atoms with Gasteiger partial charge in [0.25, 0.3) is 0 Å². The zero-order valence-electron chi connectivity index (χ0n) is 15.9. The topological polar surface area (TPSA) is 116 Å². The fraction of sp³-hybridized carbons (Fsp3) is 0.526. The van der Waals surface area contributed by atoms with Crippen LogP contribution in [0.4, 0.5) is 0 Å². The second-order valence-corrected chi connectivity index (χ2v) is 10.3. The first-order valence-electron chi connectivity index (χ1n) is 9.29. The van der Waals surface area contributed by atoms with E-state index in [4.69, 9.17) is 4.74 Å². The van der Waals surface area contributed by atoms with Crippen LogP contribution in [0.15, 0.2) is 30.3 Å². The summed E-state index contributed by atoms with van der Waals surface area (Å²) in [4.78, 5) is 37.7. The number of carbonyl (C=O) groups excluding carboxylic acids is 1. The van der Waals surface area contributed by atoms with E-state index in [1.807, 2.05) is 6.07 Å². The highest BCUT2D eigenvalue weighted by Crippen LogP contribution is 2.51. The van der Waals surface area contributed by atoms with Gasteiger partial charge in [-0.3, -0.25) is 14.9 Å². The van der Waals surface area contributed by atoms with E-state index >= 15 is 0 Å². The van der Waals surface area contributed by atoms with Gasteiger partial charge in [-0.2, -0.15) is 0 Å². The lowest BCUT2D eigenvalue weighted by atomic mass is 10.2. The molecule has 0 radical (unpaired) electrons. The van der Waals surface area contributed by atoms with Gasteiger partial charge in [-0.05, 0) is 19.1 Å². The lowest BCUT2D eigenvalue weighted by Gasteiger charge is -2.28. The lowest BCUT2D eigenvalue weighted by Crippen LogP contribution is -2.54. The van der Waals surface area contributed by atoms with Crippen molar-refractivity contribution in [2.75, 3.05) is 24.7 Å².